The van der Waals surface area contributed by atoms with Gasteiger partial charge < -0.3 is 15.4 Å². The molecular weight excluding hydrogens is 218 g/mol. The van der Waals surface area contributed by atoms with E-state index in [-0.39, 0.29) is 6.61 Å². The van der Waals surface area contributed by atoms with Crippen molar-refractivity contribution in [3.05, 3.63) is 11.7 Å². The Hall–Kier alpha value is -0.940. The van der Waals surface area contributed by atoms with Gasteiger partial charge in [0.05, 0.1) is 12.6 Å². The molecule has 17 heavy (non-hydrogen) atoms. The highest BCUT2D eigenvalue weighted by Gasteiger charge is 2.16. The Morgan fingerprint density at radius 1 is 1.35 bits per heavy atom. The number of aromatic nitrogens is 2. The molecule has 1 fully saturated rings. The summed E-state index contributed by atoms with van der Waals surface area (Å²) in [4.78, 5) is 4.20. The van der Waals surface area contributed by atoms with Crippen LogP contribution in [0, 0.1) is 5.92 Å². The number of nitrogens with zero attached hydrogens (tertiary/aromatic N) is 2. The fourth-order valence-electron chi connectivity index (χ4n) is 2.41. The third kappa shape index (κ3) is 3.51. The first-order chi connectivity index (χ1) is 8.29. The maximum atomic E-state index is 8.88. The molecule has 1 aromatic rings. The molecule has 0 aromatic carbocycles. The number of hydrogen-bond acceptors (Lipinski definition) is 5. The van der Waals surface area contributed by atoms with Crippen molar-refractivity contribution in [2.75, 3.05) is 6.61 Å². The number of aliphatic hydroxyl groups excluding tert-OH is 1. The summed E-state index contributed by atoms with van der Waals surface area (Å²) in [6.07, 6.45) is 8.71. The second kappa shape index (κ2) is 6.12. The van der Waals surface area contributed by atoms with Crippen molar-refractivity contribution >= 4 is 0 Å². The molecular formula is C12H21N3O2. The SMILES string of the molecule is NC(CO)c1noc(CCC2CCCCC2)n1. The average molecular weight is 239 g/mol. The highest BCUT2D eigenvalue weighted by Crippen LogP contribution is 2.27. The van der Waals surface area contributed by atoms with Crippen molar-refractivity contribution in [1.82, 2.24) is 10.1 Å². The topological polar surface area (TPSA) is 85.2 Å². The monoisotopic (exact) mass is 239 g/mol. The molecule has 0 amide bonds. The van der Waals surface area contributed by atoms with Crippen LogP contribution in [0.4, 0.5) is 0 Å². The van der Waals surface area contributed by atoms with Crippen LogP contribution in [0.25, 0.3) is 0 Å². The van der Waals surface area contributed by atoms with Gasteiger partial charge in [-0.2, -0.15) is 4.98 Å². The van der Waals surface area contributed by atoms with Crippen LogP contribution in [-0.2, 0) is 6.42 Å². The molecule has 0 saturated heterocycles. The lowest BCUT2D eigenvalue weighted by Gasteiger charge is -2.20. The van der Waals surface area contributed by atoms with E-state index in [1.807, 2.05) is 0 Å². The van der Waals surface area contributed by atoms with E-state index in [1.165, 1.54) is 32.1 Å². The molecule has 0 radical (unpaired) electrons. The van der Waals surface area contributed by atoms with Crippen LogP contribution in [0.3, 0.4) is 0 Å². The summed E-state index contributed by atoms with van der Waals surface area (Å²) in [6.45, 7) is -0.151. The van der Waals surface area contributed by atoms with Gasteiger partial charge in [0.2, 0.25) is 5.89 Å². The lowest BCUT2D eigenvalue weighted by atomic mass is 9.86. The zero-order valence-corrected chi connectivity index (χ0v) is 10.1. The summed E-state index contributed by atoms with van der Waals surface area (Å²) in [5.41, 5.74) is 5.61. The Kier molecular flexibility index (Phi) is 4.50. The van der Waals surface area contributed by atoms with Gasteiger partial charge in [-0.15, -0.1) is 0 Å². The van der Waals surface area contributed by atoms with Crippen molar-refractivity contribution in [1.29, 1.82) is 0 Å². The summed E-state index contributed by atoms with van der Waals surface area (Å²) >= 11 is 0. The average Bonchev–Trinajstić information content (AvgIpc) is 2.85. The van der Waals surface area contributed by atoms with Crippen LogP contribution in [0.1, 0.15) is 56.3 Å². The zero-order valence-electron chi connectivity index (χ0n) is 10.1. The van der Waals surface area contributed by atoms with E-state index in [4.69, 9.17) is 15.4 Å². The Morgan fingerprint density at radius 3 is 2.82 bits per heavy atom. The van der Waals surface area contributed by atoms with E-state index in [2.05, 4.69) is 10.1 Å². The van der Waals surface area contributed by atoms with E-state index in [1.54, 1.807) is 0 Å². The summed E-state index contributed by atoms with van der Waals surface area (Å²) < 4.78 is 5.13. The quantitative estimate of drug-likeness (QED) is 0.814. The first-order valence-corrected chi connectivity index (χ1v) is 6.48. The molecule has 5 heteroatoms. The van der Waals surface area contributed by atoms with E-state index < -0.39 is 6.04 Å². The fraction of sp³-hybridized carbons (Fsp3) is 0.833. The Morgan fingerprint density at radius 2 is 2.12 bits per heavy atom. The first kappa shape index (κ1) is 12.5. The summed E-state index contributed by atoms with van der Waals surface area (Å²) in [6, 6.07) is -0.526. The highest BCUT2D eigenvalue weighted by molar-refractivity contribution is 4.93. The zero-order chi connectivity index (χ0) is 12.1. The molecule has 2 rings (SSSR count). The first-order valence-electron chi connectivity index (χ1n) is 6.48. The minimum Gasteiger partial charge on any atom is -0.394 e. The molecule has 5 nitrogen and oxygen atoms in total. The number of aliphatic hydroxyl groups is 1. The number of hydrogen-bond donors (Lipinski definition) is 2. The van der Waals surface area contributed by atoms with Gasteiger partial charge in [-0.05, 0) is 12.3 Å². The lowest BCUT2D eigenvalue weighted by molar-refractivity contribution is 0.259. The molecule has 1 aliphatic rings. The Balaban J connectivity index is 1.80. The van der Waals surface area contributed by atoms with Crippen LogP contribution in [-0.4, -0.2) is 21.9 Å². The third-order valence-electron chi connectivity index (χ3n) is 3.50. The van der Waals surface area contributed by atoms with E-state index >= 15 is 0 Å². The Bertz CT molecular complexity index is 334. The number of rotatable bonds is 5. The summed E-state index contributed by atoms with van der Waals surface area (Å²) in [7, 11) is 0. The molecule has 3 N–H and O–H groups in total. The molecule has 0 spiro atoms. The molecule has 1 unspecified atom stereocenters. The van der Waals surface area contributed by atoms with E-state index in [9.17, 15) is 0 Å². The number of nitrogens with two attached hydrogens (primary N) is 1. The van der Waals surface area contributed by atoms with Gasteiger partial charge in [-0.3, -0.25) is 0 Å². The van der Waals surface area contributed by atoms with Crippen molar-refractivity contribution < 1.29 is 9.63 Å². The molecule has 1 heterocycles. The van der Waals surface area contributed by atoms with Gasteiger partial charge >= 0.3 is 0 Å². The van der Waals surface area contributed by atoms with Crippen molar-refractivity contribution in [2.45, 2.75) is 51.0 Å². The molecule has 1 saturated carbocycles. The van der Waals surface area contributed by atoms with Gasteiger partial charge in [0.15, 0.2) is 5.82 Å². The second-order valence-corrected chi connectivity index (χ2v) is 4.88. The van der Waals surface area contributed by atoms with Gasteiger partial charge in [-0.1, -0.05) is 37.3 Å². The van der Waals surface area contributed by atoms with Crippen LogP contribution in [0.2, 0.25) is 0 Å². The Labute approximate surface area is 101 Å². The molecule has 0 aliphatic heterocycles. The molecule has 1 aliphatic carbocycles. The molecule has 1 atom stereocenters. The van der Waals surface area contributed by atoms with Gasteiger partial charge in [0, 0.05) is 6.42 Å². The smallest absolute Gasteiger partial charge is 0.226 e. The van der Waals surface area contributed by atoms with Crippen molar-refractivity contribution in [2.24, 2.45) is 11.7 Å². The maximum absolute atomic E-state index is 8.88. The third-order valence-corrected chi connectivity index (χ3v) is 3.50. The van der Waals surface area contributed by atoms with Crippen LogP contribution in [0.5, 0.6) is 0 Å². The predicted molar refractivity (Wildman–Crippen MR) is 63.2 cm³/mol. The summed E-state index contributed by atoms with van der Waals surface area (Å²) in [5.74, 6) is 1.87. The molecule has 0 bridgehead atoms. The predicted octanol–water partition coefficient (Wildman–Crippen LogP) is 1.57. The lowest BCUT2D eigenvalue weighted by Crippen LogP contribution is -2.16. The maximum Gasteiger partial charge on any atom is 0.226 e. The fourth-order valence-corrected chi connectivity index (χ4v) is 2.41. The minimum absolute atomic E-state index is 0.151. The second-order valence-electron chi connectivity index (χ2n) is 4.88. The number of aryl methyl sites for hydroxylation is 1. The standard InChI is InChI=1S/C12H21N3O2/c13-10(8-16)12-14-11(17-15-12)7-6-9-4-2-1-3-5-9/h9-10,16H,1-8,13H2. The minimum atomic E-state index is -0.526. The van der Waals surface area contributed by atoms with Crippen LogP contribution < -0.4 is 5.73 Å². The van der Waals surface area contributed by atoms with Gasteiger partial charge in [-0.25, -0.2) is 0 Å². The molecule has 1 aromatic heterocycles. The van der Waals surface area contributed by atoms with E-state index in [0.29, 0.717) is 11.7 Å². The van der Waals surface area contributed by atoms with Crippen molar-refractivity contribution in [3.63, 3.8) is 0 Å². The molecule has 96 valence electrons. The van der Waals surface area contributed by atoms with Gasteiger partial charge in [0.1, 0.15) is 0 Å². The van der Waals surface area contributed by atoms with E-state index in [0.717, 1.165) is 18.8 Å². The normalized spacial score (nSPS) is 19.4. The largest absolute Gasteiger partial charge is 0.394 e. The van der Waals surface area contributed by atoms with Crippen LogP contribution in [0.15, 0.2) is 4.52 Å². The van der Waals surface area contributed by atoms with Crippen molar-refractivity contribution in [3.8, 4) is 0 Å². The highest BCUT2D eigenvalue weighted by atomic mass is 16.5. The van der Waals surface area contributed by atoms with Gasteiger partial charge in [0.25, 0.3) is 0 Å². The summed E-state index contributed by atoms with van der Waals surface area (Å²) in [5, 5.41) is 12.7. The van der Waals surface area contributed by atoms with Crippen LogP contribution >= 0.6 is 0 Å².